The van der Waals surface area contributed by atoms with E-state index >= 15 is 0 Å². The van der Waals surface area contributed by atoms with Gasteiger partial charge in [0.25, 0.3) is 5.91 Å². The third-order valence-corrected chi connectivity index (χ3v) is 6.20. The molecule has 0 aliphatic heterocycles. The van der Waals surface area contributed by atoms with Gasteiger partial charge in [0, 0.05) is 26.2 Å². The first kappa shape index (κ1) is 24.1. The minimum atomic E-state index is -3.62. The number of benzene rings is 1. The van der Waals surface area contributed by atoms with E-state index in [9.17, 15) is 18.0 Å². The van der Waals surface area contributed by atoms with Crippen LogP contribution in [-0.4, -0.2) is 51.7 Å². The molecule has 8 heteroatoms. The molecule has 0 fully saturated rings. The Kier molecular flexibility index (Phi) is 10.8. The Morgan fingerprint density at radius 2 is 1.61 bits per heavy atom. The Morgan fingerprint density at radius 3 is 2.25 bits per heavy atom. The van der Waals surface area contributed by atoms with Crippen LogP contribution >= 0.6 is 0 Å². The summed E-state index contributed by atoms with van der Waals surface area (Å²) in [5, 5.41) is 5.31. The van der Waals surface area contributed by atoms with Gasteiger partial charge in [-0.05, 0) is 24.6 Å². The maximum atomic E-state index is 12.2. The second kappa shape index (κ2) is 12.5. The Hall–Kier alpha value is -1.93. The molecule has 0 aromatic heterocycles. The smallest absolute Gasteiger partial charge is 0.251 e. The monoisotopic (exact) mass is 411 g/mol. The summed E-state index contributed by atoms with van der Waals surface area (Å²) >= 11 is 0. The molecule has 0 saturated carbocycles. The highest BCUT2D eigenvalue weighted by Crippen LogP contribution is 2.14. The van der Waals surface area contributed by atoms with E-state index in [-0.39, 0.29) is 22.9 Å². The number of nitrogens with zero attached hydrogens (tertiary/aromatic N) is 1. The van der Waals surface area contributed by atoms with Crippen LogP contribution in [0.15, 0.2) is 29.2 Å². The van der Waals surface area contributed by atoms with Crippen molar-refractivity contribution in [1.29, 1.82) is 0 Å². The summed E-state index contributed by atoms with van der Waals surface area (Å²) in [4.78, 5) is 24.1. The number of carbonyl (C=O) groups is 2. The first-order valence-electron chi connectivity index (χ1n) is 9.86. The minimum absolute atomic E-state index is 0.0357. The van der Waals surface area contributed by atoms with Gasteiger partial charge in [0.1, 0.15) is 0 Å². The van der Waals surface area contributed by atoms with Gasteiger partial charge in [0.15, 0.2) is 0 Å². The zero-order valence-electron chi connectivity index (χ0n) is 17.2. The average molecular weight is 412 g/mol. The molecule has 0 heterocycles. The lowest BCUT2D eigenvalue weighted by molar-refractivity contribution is -0.120. The molecule has 0 aliphatic carbocycles. The van der Waals surface area contributed by atoms with Gasteiger partial charge in [-0.3, -0.25) is 9.59 Å². The highest BCUT2D eigenvalue weighted by atomic mass is 32.2. The van der Waals surface area contributed by atoms with E-state index in [1.165, 1.54) is 70.5 Å². The lowest BCUT2D eigenvalue weighted by Gasteiger charge is -2.12. The number of hydrogen-bond acceptors (Lipinski definition) is 4. The lowest BCUT2D eigenvalue weighted by Crippen LogP contribution is -2.37. The van der Waals surface area contributed by atoms with Crippen LogP contribution in [0.1, 0.15) is 62.2 Å². The van der Waals surface area contributed by atoms with Crippen LogP contribution in [-0.2, 0) is 14.8 Å². The number of carbonyl (C=O) groups excluding carboxylic acids is 2. The van der Waals surface area contributed by atoms with Crippen molar-refractivity contribution < 1.29 is 18.0 Å². The lowest BCUT2D eigenvalue weighted by atomic mass is 10.1. The van der Waals surface area contributed by atoms with Crippen molar-refractivity contribution >= 4 is 21.8 Å². The number of sulfonamides is 1. The van der Waals surface area contributed by atoms with Crippen LogP contribution < -0.4 is 10.6 Å². The summed E-state index contributed by atoms with van der Waals surface area (Å²) in [6, 6.07) is 5.76. The van der Waals surface area contributed by atoms with Crippen LogP contribution in [0.4, 0.5) is 0 Å². The second-order valence-electron chi connectivity index (χ2n) is 6.97. The molecule has 0 unspecified atom stereocenters. The Bertz CT molecular complexity index is 733. The van der Waals surface area contributed by atoms with Crippen molar-refractivity contribution in [3.05, 3.63) is 29.8 Å². The number of amides is 2. The number of nitrogens with one attached hydrogen (secondary N) is 2. The van der Waals surface area contributed by atoms with Crippen molar-refractivity contribution in [2.45, 2.75) is 56.8 Å². The Balaban J connectivity index is 2.35. The summed E-state index contributed by atoms with van der Waals surface area (Å²) in [5.74, 6) is -0.738. The average Bonchev–Trinajstić information content (AvgIpc) is 2.68. The third-order valence-electron chi connectivity index (χ3n) is 4.39. The molecule has 0 atom stereocenters. The molecular formula is C20H33N3O4S. The zero-order valence-corrected chi connectivity index (χ0v) is 18.0. The van der Waals surface area contributed by atoms with Crippen molar-refractivity contribution in [2.75, 3.05) is 27.2 Å². The fraction of sp³-hybridized carbons (Fsp3) is 0.600. The molecule has 0 aliphatic rings. The maximum absolute atomic E-state index is 12.2. The van der Waals surface area contributed by atoms with E-state index in [1.54, 1.807) is 0 Å². The summed E-state index contributed by atoms with van der Waals surface area (Å²) < 4.78 is 25.4. The van der Waals surface area contributed by atoms with Crippen molar-refractivity contribution in [3.63, 3.8) is 0 Å². The summed E-state index contributed by atoms with van der Waals surface area (Å²) in [5.41, 5.74) is 0.197. The van der Waals surface area contributed by atoms with Crippen LogP contribution in [0.25, 0.3) is 0 Å². The normalized spacial score (nSPS) is 11.4. The van der Waals surface area contributed by atoms with Gasteiger partial charge in [-0.1, -0.05) is 51.5 Å². The largest absolute Gasteiger partial charge is 0.355 e. The minimum Gasteiger partial charge on any atom is -0.355 e. The fourth-order valence-corrected chi connectivity index (χ4v) is 3.59. The van der Waals surface area contributed by atoms with E-state index in [1.807, 2.05) is 0 Å². The van der Waals surface area contributed by atoms with Crippen molar-refractivity contribution in [2.24, 2.45) is 0 Å². The zero-order chi connectivity index (χ0) is 21.0. The predicted octanol–water partition coefficient (Wildman–Crippen LogP) is 2.53. The highest BCUT2D eigenvalue weighted by molar-refractivity contribution is 7.89. The molecule has 0 radical (unpaired) electrons. The molecule has 2 amide bonds. The third kappa shape index (κ3) is 8.39. The number of hydrogen-bond donors (Lipinski definition) is 2. The Labute approximate surface area is 168 Å². The summed E-state index contributed by atoms with van der Waals surface area (Å²) in [6.07, 6.45) is 8.21. The molecule has 2 N–H and O–H groups in total. The molecule has 1 aromatic carbocycles. The van der Waals surface area contributed by atoms with Gasteiger partial charge in [-0.15, -0.1) is 0 Å². The number of unbranched alkanes of at least 4 members (excludes halogenated alkanes) is 6. The molecule has 0 bridgehead atoms. The van der Waals surface area contributed by atoms with Crippen molar-refractivity contribution in [3.8, 4) is 0 Å². The van der Waals surface area contributed by atoms with E-state index in [2.05, 4.69) is 17.6 Å². The van der Waals surface area contributed by atoms with E-state index < -0.39 is 15.9 Å². The van der Waals surface area contributed by atoms with Gasteiger partial charge in [-0.25, -0.2) is 12.7 Å². The van der Waals surface area contributed by atoms with Crippen LogP contribution in [0.3, 0.4) is 0 Å². The quantitative estimate of drug-likeness (QED) is 0.488. The van der Waals surface area contributed by atoms with E-state index in [0.717, 1.165) is 17.1 Å². The van der Waals surface area contributed by atoms with Crippen molar-refractivity contribution in [1.82, 2.24) is 14.9 Å². The first-order valence-corrected chi connectivity index (χ1v) is 11.3. The van der Waals surface area contributed by atoms with Crippen LogP contribution in [0.5, 0.6) is 0 Å². The molecular weight excluding hydrogens is 378 g/mol. The summed E-state index contributed by atoms with van der Waals surface area (Å²) in [6.45, 7) is 2.65. The Morgan fingerprint density at radius 1 is 0.964 bits per heavy atom. The van der Waals surface area contributed by atoms with E-state index in [0.29, 0.717) is 6.54 Å². The van der Waals surface area contributed by atoms with Gasteiger partial charge in [0.05, 0.1) is 11.4 Å². The molecule has 0 spiro atoms. The molecule has 1 aromatic rings. The maximum Gasteiger partial charge on any atom is 0.251 e. The molecule has 0 saturated heterocycles. The highest BCUT2D eigenvalue weighted by Gasteiger charge is 2.18. The fourth-order valence-electron chi connectivity index (χ4n) is 2.64. The predicted molar refractivity (Wildman–Crippen MR) is 111 cm³/mol. The van der Waals surface area contributed by atoms with Gasteiger partial charge < -0.3 is 10.6 Å². The molecule has 7 nitrogen and oxygen atoms in total. The molecule has 158 valence electrons. The van der Waals surface area contributed by atoms with Gasteiger partial charge >= 0.3 is 0 Å². The topological polar surface area (TPSA) is 95.6 Å². The first-order chi connectivity index (χ1) is 13.3. The molecule has 28 heavy (non-hydrogen) atoms. The van der Waals surface area contributed by atoms with Gasteiger partial charge in [0.2, 0.25) is 15.9 Å². The molecule has 1 rings (SSSR count). The van der Waals surface area contributed by atoms with E-state index in [4.69, 9.17) is 0 Å². The SMILES string of the molecule is CCCCCCCCCNC(=O)CNC(=O)c1cccc(S(=O)(=O)N(C)C)c1. The summed E-state index contributed by atoms with van der Waals surface area (Å²) in [7, 11) is -0.759. The standard InChI is InChI=1S/C20H33N3O4S/c1-4-5-6-7-8-9-10-14-21-19(24)16-22-20(25)17-12-11-13-18(15-17)28(26,27)23(2)3/h11-13,15H,4-10,14,16H2,1-3H3,(H,21,24)(H,22,25). The second-order valence-corrected chi connectivity index (χ2v) is 9.12. The van der Waals surface area contributed by atoms with Crippen LogP contribution in [0.2, 0.25) is 0 Å². The van der Waals surface area contributed by atoms with Gasteiger partial charge in [-0.2, -0.15) is 0 Å². The number of rotatable bonds is 13. The van der Waals surface area contributed by atoms with Crippen LogP contribution in [0, 0.1) is 0 Å².